The summed E-state index contributed by atoms with van der Waals surface area (Å²) in [7, 11) is 0. The second-order valence-electron chi connectivity index (χ2n) is 2.43. The van der Waals surface area contributed by atoms with Crippen LogP contribution in [0.1, 0.15) is 26.7 Å². The maximum absolute atomic E-state index is 10.5. The summed E-state index contributed by atoms with van der Waals surface area (Å²) in [4.78, 5) is 13.3. The van der Waals surface area contributed by atoms with Crippen molar-refractivity contribution >= 4 is 12.0 Å². The van der Waals surface area contributed by atoms with Crippen molar-refractivity contribution in [2.75, 3.05) is 0 Å². The maximum Gasteiger partial charge on any atom is 0.283 e. The third kappa shape index (κ3) is 6.68. The van der Waals surface area contributed by atoms with Crippen molar-refractivity contribution in [3.63, 3.8) is 0 Å². The van der Waals surface area contributed by atoms with E-state index in [0.29, 0.717) is 12.8 Å². The molecule has 3 nitrogen and oxygen atoms in total. The van der Waals surface area contributed by atoms with Crippen molar-refractivity contribution < 1.29 is 9.58 Å². The molecule has 3 heteroatoms. The second kappa shape index (κ2) is 5.57. The molecular formula is C8H12N2O. The predicted octanol–water partition coefficient (Wildman–Crippen LogP) is 1.60. The molecule has 0 spiro atoms. The summed E-state index contributed by atoms with van der Waals surface area (Å²) < 4.78 is 0. The third-order valence-corrected chi connectivity index (χ3v) is 1.22. The fraction of sp³-hybridized carbons (Fsp3) is 0.500. The molecule has 0 aliphatic rings. The zero-order valence-corrected chi connectivity index (χ0v) is 6.87. The summed E-state index contributed by atoms with van der Waals surface area (Å²) in [6, 6.07) is 0. The van der Waals surface area contributed by atoms with Crippen LogP contribution in [-0.2, 0) is 4.79 Å². The highest BCUT2D eigenvalue weighted by Crippen LogP contribution is 1.95. The van der Waals surface area contributed by atoms with Crippen LogP contribution < -0.4 is 0 Å². The van der Waals surface area contributed by atoms with E-state index in [1.807, 2.05) is 13.0 Å². The molecule has 0 radical (unpaired) electrons. The Balaban J connectivity index is 3.73. The molecule has 0 rings (SSSR count). The Morgan fingerprint density at radius 2 is 2.18 bits per heavy atom. The highest BCUT2D eigenvalue weighted by Gasteiger charge is 1.91. The number of Topliss-reactive ketones (excluding diaryl/α,β-unsaturated/α-hetero) is 1. The summed E-state index contributed by atoms with van der Waals surface area (Å²) >= 11 is 0. The van der Waals surface area contributed by atoms with E-state index in [9.17, 15) is 4.79 Å². The first-order valence-electron chi connectivity index (χ1n) is 3.50. The SMILES string of the molecule is CC(=O)CCC=C(C)C=[N+]=[N-]. The molecule has 0 aliphatic carbocycles. The molecule has 0 saturated carbocycles. The Morgan fingerprint density at radius 1 is 1.55 bits per heavy atom. The molecule has 0 amide bonds. The Kier molecular flexibility index (Phi) is 4.95. The second-order valence-corrected chi connectivity index (χ2v) is 2.43. The normalized spacial score (nSPS) is 10.5. The molecule has 0 aromatic rings. The van der Waals surface area contributed by atoms with Gasteiger partial charge in [-0.2, -0.15) is 4.79 Å². The van der Waals surface area contributed by atoms with E-state index in [0.717, 1.165) is 5.57 Å². The van der Waals surface area contributed by atoms with Crippen molar-refractivity contribution in [2.24, 2.45) is 0 Å². The van der Waals surface area contributed by atoms with Crippen LogP contribution in [0.25, 0.3) is 5.53 Å². The summed E-state index contributed by atoms with van der Waals surface area (Å²) in [5.41, 5.74) is 8.98. The number of hydrogen-bond acceptors (Lipinski definition) is 1. The lowest BCUT2D eigenvalue weighted by molar-refractivity contribution is -0.116. The quantitative estimate of drug-likeness (QED) is 0.343. The van der Waals surface area contributed by atoms with Gasteiger partial charge in [0.2, 0.25) is 0 Å². The van der Waals surface area contributed by atoms with Crippen LogP contribution in [0.5, 0.6) is 0 Å². The van der Waals surface area contributed by atoms with Gasteiger partial charge in [0.15, 0.2) is 0 Å². The number of carbonyl (C=O) groups is 1. The average molecular weight is 152 g/mol. The molecule has 0 aromatic carbocycles. The standard InChI is InChI=1S/C8H12N2O/c1-7(6-10-9)4-3-5-8(2)11/h4,6H,3,5H2,1-2H3. The number of hydrogen-bond donors (Lipinski definition) is 0. The number of carbonyl (C=O) groups excluding carboxylic acids is 1. The van der Waals surface area contributed by atoms with Crippen molar-refractivity contribution in [3.8, 4) is 0 Å². The van der Waals surface area contributed by atoms with E-state index in [1.165, 1.54) is 6.21 Å². The van der Waals surface area contributed by atoms with Gasteiger partial charge in [-0.1, -0.05) is 6.08 Å². The van der Waals surface area contributed by atoms with E-state index in [1.54, 1.807) is 6.92 Å². The highest BCUT2D eigenvalue weighted by atomic mass is 16.1. The minimum Gasteiger partial charge on any atom is -0.362 e. The van der Waals surface area contributed by atoms with Crippen molar-refractivity contribution in [2.45, 2.75) is 26.7 Å². The van der Waals surface area contributed by atoms with Crippen LogP contribution in [0.2, 0.25) is 0 Å². The zero-order valence-electron chi connectivity index (χ0n) is 6.87. The Hall–Kier alpha value is -1.21. The van der Waals surface area contributed by atoms with Crippen molar-refractivity contribution in [3.05, 3.63) is 17.2 Å². The molecular weight excluding hydrogens is 140 g/mol. The third-order valence-electron chi connectivity index (χ3n) is 1.22. The highest BCUT2D eigenvalue weighted by molar-refractivity contribution is 5.76. The van der Waals surface area contributed by atoms with Gasteiger partial charge in [-0.05, 0) is 20.3 Å². The number of ketones is 1. The van der Waals surface area contributed by atoms with Crippen LogP contribution in [-0.4, -0.2) is 16.8 Å². The lowest BCUT2D eigenvalue weighted by Crippen LogP contribution is -1.87. The van der Waals surface area contributed by atoms with Gasteiger partial charge < -0.3 is 10.3 Å². The van der Waals surface area contributed by atoms with Gasteiger partial charge in [0.1, 0.15) is 5.78 Å². The van der Waals surface area contributed by atoms with E-state index >= 15 is 0 Å². The lowest BCUT2D eigenvalue weighted by atomic mass is 10.2. The first-order valence-corrected chi connectivity index (χ1v) is 3.50. The molecule has 0 N–H and O–H groups in total. The monoisotopic (exact) mass is 152 g/mol. The number of nitrogens with zero attached hydrogens (tertiary/aromatic N) is 2. The van der Waals surface area contributed by atoms with Crippen LogP contribution in [0.3, 0.4) is 0 Å². The largest absolute Gasteiger partial charge is 0.362 e. The number of allylic oxidation sites excluding steroid dienone is 2. The van der Waals surface area contributed by atoms with Crippen molar-refractivity contribution in [1.82, 2.24) is 0 Å². The van der Waals surface area contributed by atoms with E-state index in [4.69, 9.17) is 5.53 Å². The van der Waals surface area contributed by atoms with Crippen molar-refractivity contribution in [1.29, 1.82) is 0 Å². The molecule has 0 bridgehead atoms. The molecule has 0 aliphatic heterocycles. The molecule has 0 unspecified atom stereocenters. The molecule has 11 heavy (non-hydrogen) atoms. The molecule has 0 atom stereocenters. The fourth-order valence-electron chi connectivity index (χ4n) is 0.647. The van der Waals surface area contributed by atoms with E-state index in [-0.39, 0.29) is 5.78 Å². The average Bonchev–Trinajstić information content (AvgIpc) is 1.87. The molecule has 0 aromatic heterocycles. The molecule has 60 valence electrons. The van der Waals surface area contributed by atoms with Gasteiger partial charge in [0, 0.05) is 12.0 Å². The number of rotatable bonds is 4. The fourth-order valence-corrected chi connectivity index (χ4v) is 0.647. The topological polar surface area (TPSA) is 53.5 Å². The Bertz CT molecular complexity index is 212. The van der Waals surface area contributed by atoms with Gasteiger partial charge in [-0.3, -0.25) is 0 Å². The van der Waals surface area contributed by atoms with Gasteiger partial charge in [0.05, 0.1) is 0 Å². The molecule has 0 heterocycles. The Morgan fingerprint density at radius 3 is 2.64 bits per heavy atom. The van der Waals surface area contributed by atoms with Gasteiger partial charge in [-0.15, -0.1) is 0 Å². The van der Waals surface area contributed by atoms with E-state index in [2.05, 4.69) is 4.79 Å². The zero-order chi connectivity index (χ0) is 8.69. The smallest absolute Gasteiger partial charge is 0.283 e. The van der Waals surface area contributed by atoms with E-state index < -0.39 is 0 Å². The van der Waals surface area contributed by atoms with Crippen LogP contribution in [0, 0.1) is 0 Å². The Labute approximate surface area is 66.3 Å². The van der Waals surface area contributed by atoms with Crippen LogP contribution in [0.15, 0.2) is 11.6 Å². The molecule has 0 saturated heterocycles. The van der Waals surface area contributed by atoms with Crippen LogP contribution >= 0.6 is 0 Å². The van der Waals surface area contributed by atoms with Gasteiger partial charge in [0.25, 0.3) is 6.21 Å². The summed E-state index contributed by atoms with van der Waals surface area (Å²) in [5, 5.41) is 0. The van der Waals surface area contributed by atoms with Gasteiger partial charge >= 0.3 is 0 Å². The minimum absolute atomic E-state index is 0.176. The predicted molar refractivity (Wildman–Crippen MR) is 43.4 cm³/mol. The summed E-state index contributed by atoms with van der Waals surface area (Å²) in [6.45, 7) is 3.38. The van der Waals surface area contributed by atoms with Crippen LogP contribution in [0.4, 0.5) is 0 Å². The van der Waals surface area contributed by atoms with Gasteiger partial charge in [-0.25, -0.2) is 0 Å². The first kappa shape index (κ1) is 9.79. The molecule has 0 fully saturated rings. The maximum atomic E-state index is 10.5. The lowest BCUT2D eigenvalue weighted by Gasteiger charge is -1.87. The summed E-state index contributed by atoms with van der Waals surface area (Å²) in [6.07, 6.45) is 4.48. The minimum atomic E-state index is 0.176. The summed E-state index contributed by atoms with van der Waals surface area (Å²) in [5.74, 6) is 0.176. The first-order chi connectivity index (χ1) is 5.16.